The minimum absolute atomic E-state index is 0.535. The molecule has 0 unspecified atom stereocenters. The maximum absolute atomic E-state index is 13.0. The summed E-state index contributed by atoms with van der Waals surface area (Å²) in [6.45, 7) is 3.62. The van der Waals surface area contributed by atoms with Crippen LogP contribution in [-0.2, 0) is 9.98 Å². The fraction of sp³-hybridized carbons (Fsp3) is 0.0625. The van der Waals surface area contributed by atoms with Crippen LogP contribution in [0.15, 0.2) is 182 Å². The summed E-state index contributed by atoms with van der Waals surface area (Å²) in [7, 11) is -2.43. The third kappa shape index (κ3) is 5.64. The number of benzene rings is 7. The molecule has 0 saturated heterocycles. The van der Waals surface area contributed by atoms with E-state index in [4.69, 9.17) is 15.0 Å². The van der Waals surface area contributed by atoms with Gasteiger partial charge in [0.05, 0.1) is 5.41 Å². The molecule has 0 spiro atoms. The molecule has 1 aliphatic rings. The van der Waals surface area contributed by atoms with Gasteiger partial charge < -0.3 is 4.57 Å². The predicted octanol–water partition coefficient (Wildman–Crippen LogP) is 11.2. The molecule has 1 aliphatic carbocycles. The van der Waals surface area contributed by atoms with Crippen LogP contribution in [-0.4, -0.2) is 28.3 Å². The number of hydrogen-bond donors (Lipinski definition) is 0. The standard InChI is InChI=1S/C48H36N3OP/c1-53(2,52)39-26-15-20-35(32-39)34-19-14-21-36(31-34)46-49-45(33-17-6-3-7-18-33)50-47(51-46)41-28-16-30-43-44(41)40-27-12-13-29-42(40)48(43,37-22-8-4-9-23-37)38-24-10-5-11-25-38/h3-32H,1-2H3. The molecule has 254 valence electrons. The van der Waals surface area contributed by atoms with Crippen molar-refractivity contribution in [2.75, 3.05) is 13.3 Å². The highest BCUT2D eigenvalue weighted by Crippen LogP contribution is 2.58. The van der Waals surface area contributed by atoms with Crippen LogP contribution < -0.4 is 5.30 Å². The van der Waals surface area contributed by atoms with Gasteiger partial charge in [0.1, 0.15) is 7.14 Å². The van der Waals surface area contributed by atoms with Gasteiger partial charge in [0.25, 0.3) is 0 Å². The summed E-state index contributed by atoms with van der Waals surface area (Å²) >= 11 is 0. The second-order valence-corrected chi connectivity index (χ2v) is 17.1. The zero-order valence-corrected chi connectivity index (χ0v) is 30.4. The minimum atomic E-state index is -2.43. The predicted molar refractivity (Wildman–Crippen MR) is 218 cm³/mol. The summed E-state index contributed by atoms with van der Waals surface area (Å²) in [5.74, 6) is 1.81. The van der Waals surface area contributed by atoms with Crippen molar-refractivity contribution in [3.05, 3.63) is 204 Å². The second-order valence-electron chi connectivity index (χ2n) is 13.9. The SMILES string of the molecule is CP(C)(=O)c1cccc(-c2cccc(-c3nc(-c4ccccc4)nc(-c4cccc5c4-c4ccccc4C5(c4ccccc4)c4ccccc4)n3)c2)c1. The highest BCUT2D eigenvalue weighted by molar-refractivity contribution is 7.70. The van der Waals surface area contributed by atoms with Crippen molar-refractivity contribution < 1.29 is 4.57 Å². The molecule has 53 heavy (non-hydrogen) atoms. The lowest BCUT2D eigenvalue weighted by atomic mass is 9.67. The highest BCUT2D eigenvalue weighted by atomic mass is 31.2. The topological polar surface area (TPSA) is 55.7 Å². The summed E-state index contributed by atoms with van der Waals surface area (Å²) in [6, 6.07) is 63.3. The van der Waals surface area contributed by atoms with Gasteiger partial charge in [0.2, 0.25) is 0 Å². The fourth-order valence-electron chi connectivity index (χ4n) is 7.88. The van der Waals surface area contributed by atoms with Crippen LogP contribution in [0.4, 0.5) is 0 Å². The fourth-order valence-corrected chi connectivity index (χ4v) is 8.77. The Hall–Kier alpha value is -6.22. The zero-order chi connectivity index (χ0) is 36.0. The van der Waals surface area contributed by atoms with Crippen molar-refractivity contribution in [1.82, 2.24) is 15.0 Å². The van der Waals surface area contributed by atoms with Crippen LogP contribution in [0.1, 0.15) is 22.3 Å². The Bertz CT molecular complexity index is 2630. The molecular formula is C48H36N3OP. The van der Waals surface area contributed by atoms with E-state index in [0.717, 1.165) is 38.7 Å². The van der Waals surface area contributed by atoms with Crippen molar-refractivity contribution >= 4 is 12.4 Å². The molecule has 0 aliphatic heterocycles. The van der Waals surface area contributed by atoms with Crippen molar-refractivity contribution in [3.8, 4) is 56.4 Å². The van der Waals surface area contributed by atoms with Crippen LogP contribution in [0.5, 0.6) is 0 Å². The van der Waals surface area contributed by atoms with Gasteiger partial charge in [-0.05, 0) is 70.0 Å². The van der Waals surface area contributed by atoms with Crippen LogP contribution in [0, 0.1) is 0 Å². The molecule has 0 fully saturated rings. The lowest BCUT2D eigenvalue weighted by molar-refractivity contribution is 0.588. The van der Waals surface area contributed by atoms with Gasteiger partial charge in [-0.3, -0.25) is 0 Å². The van der Waals surface area contributed by atoms with Crippen molar-refractivity contribution in [1.29, 1.82) is 0 Å². The van der Waals surface area contributed by atoms with E-state index >= 15 is 0 Å². The van der Waals surface area contributed by atoms with E-state index in [0.29, 0.717) is 17.5 Å². The van der Waals surface area contributed by atoms with Gasteiger partial charge in [-0.2, -0.15) is 0 Å². The Morgan fingerprint density at radius 1 is 0.415 bits per heavy atom. The summed E-state index contributed by atoms with van der Waals surface area (Å²) in [5.41, 5.74) is 11.4. The minimum Gasteiger partial charge on any atom is -0.319 e. The molecule has 1 heterocycles. The molecule has 0 radical (unpaired) electrons. The first kappa shape index (κ1) is 32.7. The molecule has 1 aromatic heterocycles. The van der Waals surface area contributed by atoms with Crippen LogP contribution in [0.2, 0.25) is 0 Å². The molecule has 7 aromatic carbocycles. The Kier molecular flexibility index (Phi) is 8.06. The smallest absolute Gasteiger partial charge is 0.164 e. The number of fused-ring (bicyclic) bond motifs is 3. The van der Waals surface area contributed by atoms with Crippen molar-refractivity contribution in [2.24, 2.45) is 0 Å². The first-order valence-electron chi connectivity index (χ1n) is 17.8. The molecule has 5 heteroatoms. The number of hydrogen-bond acceptors (Lipinski definition) is 4. The lowest BCUT2D eigenvalue weighted by Gasteiger charge is -2.33. The average molecular weight is 702 g/mol. The molecule has 0 atom stereocenters. The van der Waals surface area contributed by atoms with Crippen LogP contribution >= 0.6 is 7.14 Å². The molecule has 0 saturated carbocycles. The van der Waals surface area contributed by atoms with E-state index in [1.807, 2.05) is 74.0 Å². The van der Waals surface area contributed by atoms with Gasteiger partial charge in [-0.25, -0.2) is 15.0 Å². The quantitative estimate of drug-likeness (QED) is 0.155. The third-order valence-corrected chi connectivity index (χ3v) is 11.8. The molecule has 0 amide bonds. The maximum Gasteiger partial charge on any atom is 0.164 e. The van der Waals surface area contributed by atoms with E-state index in [1.165, 1.54) is 27.8 Å². The first-order chi connectivity index (χ1) is 25.9. The molecule has 8 aromatic rings. The summed E-state index contributed by atoms with van der Waals surface area (Å²) in [5, 5.41) is 0.856. The van der Waals surface area contributed by atoms with E-state index in [9.17, 15) is 4.57 Å². The average Bonchev–Trinajstić information content (AvgIpc) is 3.53. The van der Waals surface area contributed by atoms with E-state index in [1.54, 1.807) is 0 Å². The zero-order valence-electron chi connectivity index (χ0n) is 29.5. The van der Waals surface area contributed by atoms with Gasteiger partial charge in [0, 0.05) is 22.0 Å². The normalized spacial score (nSPS) is 12.9. The summed E-state index contributed by atoms with van der Waals surface area (Å²) < 4.78 is 13.0. The molecule has 0 N–H and O–H groups in total. The number of nitrogens with zero attached hydrogens (tertiary/aromatic N) is 3. The van der Waals surface area contributed by atoms with Crippen molar-refractivity contribution in [3.63, 3.8) is 0 Å². The maximum atomic E-state index is 13.0. The Morgan fingerprint density at radius 2 is 0.887 bits per heavy atom. The largest absolute Gasteiger partial charge is 0.319 e. The van der Waals surface area contributed by atoms with E-state index < -0.39 is 12.6 Å². The highest BCUT2D eigenvalue weighted by Gasteiger charge is 2.47. The monoisotopic (exact) mass is 701 g/mol. The van der Waals surface area contributed by atoms with E-state index in [2.05, 4.69) is 121 Å². The summed E-state index contributed by atoms with van der Waals surface area (Å²) in [6.07, 6.45) is 0. The molecular weight excluding hydrogens is 666 g/mol. The Labute approximate surface area is 310 Å². The van der Waals surface area contributed by atoms with Gasteiger partial charge in [-0.15, -0.1) is 0 Å². The number of aromatic nitrogens is 3. The van der Waals surface area contributed by atoms with Gasteiger partial charge >= 0.3 is 0 Å². The third-order valence-electron chi connectivity index (χ3n) is 10.3. The van der Waals surface area contributed by atoms with Gasteiger partial charge in [-0.1, -0.05) is 170 Å². The van der Waals surface area contributed by atoms with Crippen LogP contribution in [0.25, 0.3) is 56.4 Å². The first-order valence-corrected chi connectivity index (χ1v) is 20.4. The molecule has 0 bridgehead atoms. The van der Waals surface area contributed by atoms with Crippen molar-refractivity contribution in [2.45, 2.75) is 5.41 Å². The molecule has 4 nitrogen and oxygen atoms in total. The summed E-state index contributed by atoms with van der Waals surface area (Å²) in [4.78, 5) is 15.6. The lowest BCUT2D eigenvalue weighted by Crippen LogP contribution is -2.28. The molecule has 9 rings (SSSR count). The van der Waals surface area contributed by atoms with E-state index in [-0.39, 0.29) is 0 Å². The number of rotatable bonds is 7. The second kappa shape index (κ2) is 13.1. The Balaban J connectivity index is 1.28. The Morgan fingerprint density at radius 3 is 1.57 bits per heavy atom. The van der Waals surface area contributed by atoms with Crippen LogP contribution in [0.3, 0.4) is 0 Å². The van der Waals surface area contributed by atoms with Gasteiger partial charge in [0.15, 0.2) is 17.5 Å².